The lowest BCUT2D eigenvalue weighted by Gasteiger charge is -2.35. The molecule has 0 saturated heterocycles. The van der Waals surface area contributed by atoms with E-state index in [9.17, 15) is 4.79 Å². The first-order valence-electron chi connectivity index (χ1n) is 8.10. The number of carbonyl (C=O) groups is 1. The molecule has 1 aliphatic heterocycles. The first-order valence-corrected chi connectivity index (χ1v) is 8.10. The van der Waals surface area contributed by atoms with Crippen LogP contribution in [0.25, 0.3) is 0 Å². The Morgan fingerprint density at radius 3 is 2.18 bits per heavy atom. The molecule has 2 aromatic carbocycles. The van der Waals surface area contributed by atoms with E-state index in [-0.39, 0.29) is 11.9 Å². The molecule has 0 spiro atoms. The van der Waals surface area contributed by atoms with Crippen molar-refractivity contribution in [2.45, 2.75) is 46.2 Å². The van der Waals surface area contributed by atoms with E-state index in [0.717, 1.165) is 12.0 Å². The van der Waals surface area contributed by atoms with E-state index in [4.69, 9.17) is 0 Å². The summed E-state index contributed by atoms with van der Waals surface area (Å²) in [6, 6.07) is 18.2. The molecule has 0 fully saturated rings. The zero-order valence-corrected chi connectivity index (χ0v) is 13.8. The van der Waals surface area contributed by atoms with Gasteiger partial charge in [0.2, 0.25) is 0 Å². The first kappa shape index (κ1) is 16.3. The molecule has 1 aliphatic rings. The van der Waals surface area contributed by atoms with Crippen molar-refractivity contribution in [3.8, 4) is 0 Å². The van der Waals surface area contributed by atoms with Crippen LogP contribution in [0.1, 0.15) is 48.7 Å². The molecule has 0 aromatic heterocycles. The first-order chi connectivity index (χ1) is 10.7. The normalized spacial score (nSPS) is 16.3. The van der Waals surface area contributed by atoms with Crippen LogP contribution >= 0.6 is 0 Å². The molecule has 2 heteroatoms. The summed E-state index contributed by atoms with van der Waals surface area (Å²) < 4.78 is 0. The van der Waals surface area contributed by atoms with Gasteiger partial charge < -0.3 is 4.90 Å². The van der Waals surface area contributed by atoms with E-state index in [1.54, 1.807) is 0 Å². The predicted octanol–water partition coefficient (Wildman–Crippen LogP) is 4.69. The van der Waals surface area contributed by atoms with Gasteiger partial charge in [0.05, 0.1) is 0 Å². The number of carbonyl (C=O) groups excluding carboxylic acids is 1. The monoisotopic (exact) mass is 295 g/mol. The Bertz CT molecular complexity index is 606. The summed E-state index contributed by atoms with van der Waals surface area (Å²) >= 11 is 0. The molecular weight excluding hydrogens is 270 g/mol. The highest BCUT2D eigenvalue weighted by Gasteiger charge is 2.26. The largest absolute Gasteiger partial charge is 0.331 e. The standard InChI is InChI=1S/C17H17NO.C3H8/c1-13-11-15-9-5-6-10-16(15)12-18(13)17(19)14-7-3-2-4-8-14;1-3-2/h2-10,13H,11-12H2,1H3;3H2,1-2H3/t13-;/m1./s1. The number of benzene rings is 2. The Kier molecular flexibility index (Phi) is 5.76. The Morgan fingerprint density at radius 1 is 1.00 bits per heavy atom. The third kappa shape index (κ3) is 3.76. The molecule has 1 heterocycles. The predicted molar refractivity (Wildman–Crippen MR) is 91.9 cm³/mol. The fraction of sp³-hybridized carbons (Fsp3) is 0.350. The third-order valence-corrected chi connectivity index (χ3v) is 3.79. The summed E-state index contributed by atoms with van der Waals surface area (Å²) in [5.41, 5.74) is 3.41. The zero-order valence-electron chi connectivity index (χ0n) is 13.8. The Labute approximate surface area is 133 Å². The molecule has 0 bridgehead atoms. The average Bonchev–Trinajstić information content (AvgIpc) is 2.55. The Balaban J connectivity index is 0.000000545. The molecule has 1 amide bonds. The molecule has 0 radical (unpaired) electrons. The van der Waals surface area contributed by atoms with Crippen LogP contribution in [0.2, 0.25) is 0 Å². The summed E-state index contributed by atoms with van der Waals surface area (Å²) in [5.74, 6) is 0.127. The van der Waals surface area contributed by atoms with Crippen LogP contribution in [-0.2, 0) is 13.0 Å². The minimum atomic E-state index is 0.127. The number of fused-ring (bicyclic) bond motifs is 1. The van der Waals surface area contributed by atoms with Crippen LogP contribution in [0.3, 0.4) is 0 Å². The maximum atomic E-state index is 12.5. The van der Waals surface area contributed by atoms with E-state index in [1.807, 2.05) is 41.3 Å². The van der Waals surface area contributed by atoms with Gasteiger partial charge in [-0.05, 0) is 36.6 Å². The minimum Gasteiger partial charge on any atom is -0.331 e. The smallest absolute Gasteiger partial charge is 0.254 e. The highest BCUT2D eigenvalue weighted by Crippen LogP contribution is 2.24. The van der Waals surface area contributed by atoms with Gasteiger partial charge in [-0.15, -0.1) is 0 Å². The molecule has 22 heavy (non-hydrogen) atoms. The molecule has 3 rings (SSSR count). The van der Waals surface area contributed by atoms with Crippen LogP contribution in [0, 0.1) is 0 Å². The van der Waals surface area contributed by atoms with Gasteiger partial charge in [0.25, 0.3) is 5.91 Å². The molecule has 116 valence electrons. The van der Waals surface area contributed by atoms with Gasteiger partial charge in [-0.25, -0.2) is 0 Å². The van der Waals surface area contributed by atoms with Crippen molar-refractivity contribution < 1.29 is 4.79 Å². The van der Waals surface area contributed by atoms with Gasteiger partial charge in [0, 0.05) is 18.2 Å². The maximum absolute atomic E-state index is 12.5. The number of hydrogen-bond acceptors (Lipinski definition) is 1. The zero-order chi connectivity index (χ0) is 15.9. The van der Waals surface area contributed by atoms with Crippen molar-refractivity contribution in [2.24, 2.45) is 0 Å². The average molecular weight is 295 g/mol. The molecule has 1 atom stereocenters. The van der Waals surface area contributed by atoms with Crippen LogP contribution in [0.5, 0.6) is 0 Å². The summed E-state index contributed by atoms with van der Waals surface area (Å²) in [5, 5.41) is 0. The second-order valence-corrected chi connectivity index (χ2v) is 5.83. The van der Waals surface area contributed by atoms with Gasteiger partial charge in [-0.1, -0.05) is 62.7 Å². The summed E-state index contributed by atoms with van der Waals surface area (Å²) in [4.78, 5) is 14.5. The summed E-state index contributed by atoms with van der Waals surface area (Å²) in [6.07, 6.45) is 2.19. The Hall–Kier alpha value is -2.09. The number of rotatable bonds is 1. The Morgan fingerprint density at radius 2 is 1.55 bits per heavy atom. The van der Waals surface area contributed by atoms with Crippen LogP contribution in [-0.4, -0.2) is 16.8 Å². The molecule has 0 aliphatic carbocycles. The second kappa shape index (κ2) is 7.79. The van der Waals surface area contributed by atoms with Gasteiger partial charge in [-0.3, -0.25) is 4.79 Å². The highest BCUT2D eigenvalue weighted by molar-refractivity contribution is 5.94. The van der Waals surface area contributed by atoms with E-state index in [0.29, 0.717) is 6.54 Å². The van der Waals surface area contributed by atoms with Crippen LogP contribution in [0.15, 0.2) is 54.6 Å². The van der Waals surface area contributed by atoms with Crippen molar-refractivity contribution in [3.05, 3.63) is 71.3 Å². The lowest BCUT2D eigenvalue weighted by molar-refractivity contribution is 0.0658. The van der Waals surface area contributed by atoms with E-state index >= 15 is 0 Å². The molecule has 0 unspecified atom stereocenters. The molecule has 0 saturated carbocycles. The maximum Gasteiger partial charge on any atom is 0.254 e. The quantitative estimate of drug-likeness (QED) is 0.747. The third-order valence-electron chi connectivity index (χ3n) is 3.79. The lowest BCUT2D eigenvalue weighted by atomic mass is 9.94. The van der Waals surface area contributed by atoms with Gasteiger partial charge in [0.1, 0.15) is 0 Å². The van der Waals surface area contributed by atoms with E-state index in [1.165, 1.54) is 17.5 Å². The number of hydrogen-bond donors (Lipinski definition) is 0. The number of nitrogens with zero attached hydrogens (tertiary/aromatic N) is 1. The molecule has 0 N–H and O–H groups in total. The van der Waals surface area contributed by atoms with Crippen molar-refractivity contribution in [3.63, 3.8) is 0 Å². The SMILES string of the molecule is CCC.C[C@@H]1Cc2ccccc2CN1C(=O)c1ccccc1. The van der Waals surface area contributed by atoms with Crippen molar-refractivity contribution in [2.75, 3.05) is 0 Å². The summed E-state index contributed by atoms with van der Waals surface area (Å²) in [7, 11) is 0. The number of amides is 1. The van der Waals surface area contributed by atoms with Gasteiger partial charge >= 0.3 is 0 Å². The molecule has 2 nitrogen and oxygen atoms in total. The van der Waals surface area contributed by atoms with Crippen molar-refractivity contribution in [1.82, 2.24) is 4.90 Å². The summed E-state index contributed by atoms with van der Waals surface area (Å²) in [6.45, 7) is 7.09. The van der Waals surface area contributed by atoms with Crippen molar-refractivity contribution in [1.29, 1.82) is 0 Å². The van der Waals surface area contributed by atoms with Gasteiger partial charge in [-0.2, -0.15) is 0 Å². The van der Waals surface area contributed by atoms with Crippen LogP contribution in [0.4, 0.5) is 0 Å². The van der Waals surface area contributed by atoms with Crippen molar-refractivity contribution >= 4 is 5.91 Å². The fourth-order valence-corrected chi connectivity index (χ4v) is 2.70. The lowest BCUT2D eigenvalue weighted by Crippen LogP contribution is -2.42. The van der Waals surface area contributed by atoms with E-state index in [2.05, 4.69) is 39.0 Å². The molecule has 2 aromatic rings. The second-order valence-electron chi connectivity index (χ2n) is 5.83. The van der Waals surface area contributed by atoms with Gasteiger partial charge in [0.15, 0.2) is 0 Å². The topological polar surface area (TPSA) is 20.3 Å². The highest BCUT2D eigenvalue weighted by atomic mass is 16.2. The van der Waals surface area contributed by atoms with Crippen LogP contribution < -0.4 is 0 Å². The van der Waals surface area contributed by atoms with E-state index < -0.39 is 0 Å². The minimum absolute atomic E-state index is 0.127. The fourth-order valence-electron chi connectivity index (χ4n) is 2.70. The molecular formula is C20H25NO.